The van der Waals surface area contributed by atoms with E-state index in [0.717, 1.165) is 8.95 Å². The molecule has 0 aliphatic heterocycles. The molecule has 0 N–H and O–H groups in total. The van der Waals surface area contributed by atoms with Crippen LogP contribution in [0.5, 0.6) is 0 Å². The Morgan fingerprint density at radius 3 is 2.82 bits per heavy atom. The Morgan fingerprint density at radius 2 is 2.18 bits per heavy atom. The van der Waals surface area contributed by atoms with E-state index < -0.39 is 0 Å². The van der Waals surface area contributed by atoms with Crippen LogP contribution in [0.4, 0.5) is 0 Å². The van der Waals surface area contributed by atoms with Gasteiger partial charge in [-0.1, -0.05) is 31.9 Å². The van der Waals surface area contributed by atoms with E-state index in [-0.39, 0.29) is 12.2 Å². The Balaban J connectivity index is 2.22. The minimum Gasteiger partial charge on any atom is -0.294 e. The lowest BCUT2D eigenvalue weighted by Gasteiger charge is -2.02. The third-order valence-electron chi connectivity index (χ3n) is 2.10. The first kappa shape index (κ1) is 12.4. The zero-order valence-electron chi connectivity index (χ0n) is 8.89. The number of halogens is 2. The molecule has 0 amide bonds. The zero-order valence-corrected chi connectivity index (χ0v) is 12.1. The summed E-state index contributed by atoms with van der Waals surface area (Å²) in [4.78, 5) is 13.4. The van der Waals surface area contributed by atoms with Gasteiger partial charge in [-0.3, -0.25) is 4.79 Å². The second kappa shape index (κ2) is 5.05. The average Bonchev–Trinajstić information content (AvgIpc) is 2.67. The van der Waals surface area contributed by atoms with Crippen molar-refractivity contribution in [2.45, 2.75) is 6.42 Å². The van der Waals surface area contributed by atoms with E-state index >= 15 is 0 Å². The van der Waals surface area contributed by atoms with E-state index in [0.29, 0.717) is 11.4 Å². The Kier molecular flexibility index (Phi) is 3.68. The Morgan fingerprint density at radius 1 is 1.41 bits per heavy atom. The van der Waals surface area contributed by atoms with Gasteiger partial charge in [0.2, 0.25) is 0 Å². The molecule has 0 bridgehead atoms. The predicted molar refractivity (Wildman–Crippen MR) is 68.7 cm³/mol. The van der Waals surface area contributed by atoms with Gasteiger partial charge in [-0.25, -0.2) is 0 Å². The van der Waals surface area contributed by atoms with E-state index in [1.54, 1.807) is 13.1 Å². The van der Waals surface area contributed by atoms with Gasteiger partial charge >= 0.3 is 0 Å². The topological polar surface area (TPSA) is 60.7 Å². The number of carbonyl (C=O) groups excluding carboxylic acids is 1. The van der Waals surface area contributed by atoms with Crippen molar-refractivity contribution in [2.24, 2.45) is 7.05 Å². The molecule has 5 nitrogen and oxygen atoms in total. The van der Waals surface area contributed by atoms with Gasteiger partial charge in [0.05, 0.1) is 13.5 Å². The van der Waals surface area contributed by atoms with Gasteiger partial charge < -0.3 is 0 Å². The Bertz CT molecular complexity index is 567. The maximum absolute atomic E-state index is 12.0. The van der Waals surface area contributed by atoms with E-state index in [1.807, 2.05) is 12.1 Å². The normalized spacial score (nSPS) is 10.5. The van der Waals surface area contributed by atoms with Crippen molar-refractivity contribution in [3.63, 3.8) is 0 Å². The molecule has 0 saturated carbocycles. The second-order valence-electron chi connectivity index (χ2n) is 3.42. The number of tetrazole rings is 1. The second-order valence-corrected chi connectivity index (χ2v) is 5.19. The summed E-state index contributed by atoms with van der Waals surface area (Å²) < 4.78 is 1.62. The highest BCUT2D eigenvalue weighted by Crippen LogP contribution is 2.22. The molecule has 17 heavy (non-hydrogen) atoms. The highest BCUT2D eigenvalue weighted by Gasteiger charge is 2.14. The number of benzene rings is 1. The number of hydrogen-bond acceptors (Lipinski definition) is 4. The summed E-state index contributed by atoms with van der Waals surface area (Å²) in [5.74, 6) is 0.371. The molecule has 2 rings (SSSR count). The molecule has 1 aromatic heterocycles. The molecule has 7 heteroatoms. The van der Waals surface area contributed by atoms with Crippen LogP contribution in [0, 0.1) is 0 Å². The van der Waals surface area contributed by atoms with E-state index in [4.69, 9.17) is 0 Å². The minimum atomic E-state index is -0.0498. The molecule has 1 heterocycles. The molecule has 0 fully saturated rings. The van der Waals surface area contributed by atoms with Crippen molar-refractivity contribution >= 4 is 37.6 Å². The Hall–Kier alpha value is -1.08. The van der Waals surface area contributed by atoms with Gasteiger partial charge in [-0.2, -0.15) is 4.80 Å². The third-order valence-corrected chi connectivity index (χ3v) is 3.28. The van der Waals surface area contributed by atoms with Gasteiger partial charge in [0.25, 0.3) is 0 Å². The molecule has 0 unspecified atom stereocenters. The molecule has 0 radical (unpaired) electrons. The fraction of sp³-hybridized carbons (Fsp3) is 0.200. The maximum atomic E-state index is 12.0. The number of rotatable bonds is 3. The van der Waals surface area contributed by atoms with Crippen LogP contribution in [0.25, 0.3) is 0 Å². The number of aryl methyl sites for hydroxylation is 1. The summed E-state index contributed by atoms with van der Waals surface area (Å²) >= 11 is 6.68. The average molecular weight is 360 g/mol. The van der Waals surface area contributed by atoms with Crippen molar-refractivity contribution in [1.29, 1.82) is 0 Å². The molecule has 0 atom stereocenters. The molecule has 0 saturated heterocycles. The number of Topliss-reactive ketones (excluding diaryl/α,β-unsaturated/α-hetero) is 1. The smallest absolute Gasteiger partial charge is 0.182 e. The first-order valence-electron chi connectivity index (χ1n) is 4.77. The maximum Gasteiger partial charge on any atom is 0.182 e. The quantitative estimate of drug-likeness (QED) is 0.788. The highest BCUT2D eigenvalue weighted by atomic mass is 79.9. The van der Waals surface area contributed by atoms with Crippen molar-refractivity contribution < 1.29 is 4.79 Å². The molecular formula is C10H8Br2N4O. The number of carbonyl (C=O) groups is 1. The van der Waals surface area contributed by atoms with Crippen LogP contribution in [0.1, 0.15) is 16.2 Å². The van der Waals surface area contributed by atoms with Crippen molar-refractivity contribution in [2.75, 3.05) is 0 Å². The summed E-state index contributed by atoms with van der Waals surface area (Å²) in [7, 11) is 1.66. The van der Waals surface area contributed by atoms with Gasteiger partial charge in [-0.05, 0) is 23.4 Å². The largest absolute Gasteiger partial charge is 0.294 e. The summed E-state index contributed by atoms with van der Waals surface area (Å²) in [6.07, 6.45) is 0.142. The fourth-order valence-electron chi connectivity index (χ4n) is 1.34. The SMILES string of the molecule is Cn1nnc(CC(=O)c2cc(Br)ccc2Br)n1. The lowest BCUT2D eigenvalue weighted by atomic mass is 10.1. The number of ketones is 1. The van der Waals surface area contributed by atoms with Crippen LogP contribution >= 0.6 is 31.9 Å². The van der Waals surface area contributed by atoms with E-state index in [1.165, 1.54) is 4.80 Å². The Labute approximate surface area is 114 Å². The highest BCUT2D eigenvalue weighted by molar-refractivity contribution is 9.11. The van der Waals surface area contributed by atoms with E-state index in [2.05, 4.69) is 47.3 Å². The molecule has 0 aliphatic rings. The molecule has 1 aromatic carbocycles. The van der Waals surface area contributed by atoms with Crippen LogP contribution in [-0.2, 0) is 13.5 Å². The van der Waals surface area contributed by atoms with Crippen LogP contribution < -0.4 is 0 Å². The summed E-state index contributed by atoms with van der Waals surface area (Å²) in [6.45, 7) is 0. The van der Waals surface area contributed by atoms with Crippen molar-refractivity contribution in [3.05, 3.63) is 38.5 Å². The summed E-state index contributed by atoms with van der Waals surface area (Å²) in [5.41, 5.74) is 0.604. The summed E-state index contributed by atoms with van der Waals surface area (Å²) in [5, 5.41) is 11.4. The zero-order chi connectivity index (χ0) is 12.4. The van der Waals surface area contributed by atoms with Gasteiger partial charge in [0.15, 0.2) is 11.6 Å². The minimum absolute atomic E-state index is 0.0498. The number of hydrogen-bond donors (Lipinski definition) is 0. The number of nitrogens with zero attached hydrogens (tertiary/aromatic N) is 4. The van der Waals surface area contributed by atoms with Gasteiger partial charge in [-0.15, -0.1) is 10.2 Å². The molecule has 2 aromatic rings. The standard InChI is InChI=1S/C10H8Br2N4O/c1-16-14-10(13-15-16)5-9(17)7-4-6(11)2-3-8(7)12/h2-4H,5H2,1H3. The summed E-state index contributed by atoms with van der Waals surface area (Å²) in [6, 6.07) is 5.45. The van der Waals surface area contributed by atoms with E-state index in [9.17, 15) is 4.79 Å². The lowest BCUT2D eigenvalue weighted by molar-refractivity contribution is 0.0990. The predicted octanol–water partition coefficient (Wildman–Crippen LogP) is 2.16. The first-order valence-corrected chi connectivity index (χ1v) is 6.36. The van der Waals surface area contributed by atoms with Crippen LogP contribution in [-0.4, -0.2) is 26.0 Å². The molecule has 0 aliphatic carbocycles. The van der Waals surface area contributed by atoms with Crippen LogP contribution in [0.3, 0.4) is 0 Å². The van der Waals surface area contributed by atoms with Gasteiger partial charge in [0, 0.05) is 14.5 Å². The molecule has 0 spiro atoms. The van der Waals surface area contributed by atoms with Crippen molar-refractivity contribution in [1.82, 2.24) is 20.2 Å². The first-order chi connectivity index (χ1) is 8.06. The van der Waals surface area contributed by atoms with Crippen molar-refractivity contribution in [3.8, 4) is 0 Å². The van der Waals surface area contributed by atoms with Gasteiger partial charge in [0.1, 0.15) is 0 Å². The fourth-order valence-corrected chi connectivity index (χ4v) is 2.17. The number of aromatic nitrogens is 4. The monoisotopic (exact) mass is 358 g/mol. The van der Waals surface area contributed by atoms with Crippen LogP contribution in [0.2, 0.25) is 0 Å². The molecule has 88 valence electrons. The third kappa shape index (κ3) is 2.98. The molecular weight excluding hydrogens is 352 g/mol. The lowest BCUT2D eigenvalue weighted by Crippen LogP contribution is -2.06. The van der Waals surface area contributed by atoms with Crippen LogP contribution in [0.15, 0.2) is 27.1 Å².